The molecule has 0 bridgehead atoms. The van der Waals surface area contributed by atoms with Gasteiger partial charge >= 0.3 is 0 Å². The van der Waals surface area contributed by atoms with Gasteiger partial charge in [-0.25, -0.2) is 4.39 Å². The molecule has 0 saturated carbocycles. The molecule has 21 heavy (non-hydrogen) atoms. The molecule has 0 aromatic heterocycles. The van der Waals surface area contributed by atoms with Crippen molar-refractivity contribution in [2.45, 2.75) is 32.4 Å². The van der Waals surface area contributed by atoms with Crippen LogP contribution >= 0.6 is 0 Å². The highest BCUT2D eigenvalue weighted by Crippen LogP contribution is 2.29. The zero-order valence-electron chi connectivity index (χ0n) is 12.4. The SMILES string of the molecule is CC(NC(C)c1ccccc1F)c1ccc2c(c1)CCO2. The Morgan fingerprint density at radius 1 is 1.10 bits per heavy atom. The van der Waals surface area contributed by atoms with Gasteiger partial charge in [0.2, 0.25) is 0 Å². The average molecular weight is 285 g/mol. The van der Waals surface area contributed by atoms with Gasteiger partial charge in [-0.2, -0.15) is 0 Å². The number of fused-ring (bicyclic) bond motifs is 1. The first-order chi connectivity index (χ1) is 10.1. The molecule has 0 fully saturated rings. The van der Waals surface area contributed by atoms with Crippen LogP contribution in [0.15, 0.2) is 42.5 Å². The van der Waals surface area contributed by atoms with Gasteiger partial charge in [-0.05, 0) is 37.1 Å². The molecule has 3 rings (SSSR count). The predicted molar refractivity (Wildman–Crippen MR) is 82.0 cm³/mol. The molecule has 1 heterocycles. The number of hydrogen-bond acceptors (Lipinski definition) is 2. The zero-order valence-corrected chi connectivity index (χ0v) is 12.4. The molecule has 0 amide bonds. The van der Waals surface area contributed by atoms with Crippen LogP contribution in [-0.2, 0) is 6.42 Å². The molecule has 110 valence electrons. The van der Waals surface area contributed by atoms with Crippen molar-refractivity contribution in [2.24, 2.45) is 0 Å². The van der Waals surface area contributed by atoms with Gasteiger partial charge in [-0.3, -0.25) is 0 Å². The summed E-state index contributed by atoms with van der Waals surface area (Å²) in [5, 5.41) is 3.46. The Hall–Kier alpha value is -1.87. The first-order valence-corrected chi connectivity index (χ1v) is 7.41. The Labute approximate surface area is 125 Å². The van der Waals surface area contributed by atoms with Crippen molar-refractivity contribution in [1.82, 2.24) is 5.32 Å². The topological polar surface area (TPSA) is 21.3 Å². The van der Waals surface area contributed by atoms with Crippen LogP contribution in [0.25, 0.3) is 0 Å². The minimum absolute atomic E-state index is 0.0364. The van der Waals surface area contributed by atoms with E-state index < -0.39 is 0 Å². The normalized spacial score (nSPS) is 16.1. The third kappa shape index (κ3) is 2.93. The summed E-state index contributed by atoms with van der Waals surface area (Å²) in [4.78, 5) is 0. The molecule has 1 N–H and O–H groups in total. The van der Waals surface area contributed by atoms with Gasteiger partial charge < -0.3 is 10.1 Å². The van der Waals surface area contributed by atoms with Crippen molar-refractivity contribution in [1.29, 1.82) is 0 Å². The van der Waals surface area contributed by atoms with Gasteiger partial charge in [0, 0.05) is 24.1 Å². The first kappa shape index (κ1) is 14.1. The summed E-state index contributed by atoms with van der Waals surface area (Å²) in [6, 6.07) is 13.3. The molecule has 1 aliphatic heterocycles. The van der Waals surface area contributed by atoms with Crippen LogP contribution in [0.4, 0.5) is 4.39 Å². The van der Waals surface area contributed by atoms with E-state index in [1.165, 1.54) is 17.2 Å². The van der Waals surface area contributed by atoms with Gasteiger partial charge in [0.1, 0.15) is 11.6 Å². The Bertz CT molecular complexity index is 641. The van der Waals surface area contributed by atoms with Crippen LogP contribution in [0.2, 0.25) is 0 Å². The van der Waals surface area contributed by atoms with E-state index in [4.69, 9.17) is 4.74 Å². The monoisotopic (exact) mass is 285 g/mol. The molecule has 2 unspecified atom stereocenters. The molecule has 1 aliphatic rings. The Morgan fingerprint density at radius 3 is 2.71 bits per heavy atom. The molecule has 3 heteroatoms. The fourth-order valence-electron chi connectivity index (χ4n) is 2.86. The van der Waals surface area contributed by atoms with Crippen LogP contribution < -0.4 is 10.1 Å². The average Bonchev–Trinajstić information content (AvgIpc) is 2.94. The summed E-state index contributed by atoms with van der Waals surface area (Å²) >= 11 is 0. The van der Waals surface area contributed by atoms with Gasteiger partial charge in [-0.1, -0.05) is 30.3 Å². The van der Waals surface area contributed by atoms with Crippen molar-refractivity contribution < 1.29 is 9.13 Å². The lowest BCUT2D eigenvalue weighted by molar-refractivity contribution is 0.356. The van der Waals surface area contributed by atoms with Crippen LogP contribution in [0.1, 0.15) is 42.6 Å². The molecule has 0 saturated heterocycles. The quantitative estimate of drug-likeness (QED) is 0.910. The molecule has 2 nitrogen and oxygen atoms in total. The minimum Gasteiger partial charge on any atom is -0.493 e. The number of hydrogen-bond donors (Lipinski definition) is 1. The van der Waals surface area contributed by atoms with Crippen molar-refractivity contribution in [2.75, 3.05) is 6.61 Å². The summed E-state index contributed by atoms with van der Waals surface area (Å²) in [5.74, 6) is 0.833. The Balaban J connectivity index is 1.74. The minimum atomic E-state index is -0.160. The van der Waals surface area contributed by atoms with Gasteiger partial charge in [-0.15, -0.1) is 0 Å². The number of rotatable bonds is 4. The highest BCUT2D eigenvalue weighted by molar-refractivity contribution is 5.40. The standard InChI is InChI=1S/C18H20FNO/c1-12(14-7-8-18-15(11-14)9-10-21-18)20-13(2)16-5-3-4-6-17(16)19/h3-8,11-13,20H,9-10H2,1-2H3. The maximum atomic E-state index is 13.8. The second-order valence-corrected chi connectivity index (χ2v) is 5.60. The highest BCUT2D eigenvalue weighted by Gasteiger charge is 2.17. The molecular formula is C18H20FNO. The van der Waals surface area contributed by atoms with E-state index >= 15 is 0 Å². The molecule has 2 aromatic carbocycles. The zero-order chi connectivity index (χ0) is 14.8. The van der Waals surface area contributed by atoms with Gasteiger partial charge in [0.05, 0.1) is 6.61 Å². The van der Waals surface area contributed by atoms with Crippen LogP contribution in [-0.4, -0.2) is 6.61 Å². The van der Waals surface area contributed by atoms with Gasteiger partial charge in [0.15, 0.2) is 0 Å². The maximum Gasteiger partial charge on any atom is 0.127 e. The molecule has 0 radical (unpaired) electrons. The van der Waals surface area contributed by atoms with E-state index in [9.17, 15) is 4.39 Å². The fraction of sp³-hybridized carbons (Fsp3) is 0.333. The van der Waals surface area contributed by atoms with E-state index in [1.54, 1.807) is 6.07 Å². The van der Waals surface area contributed by atoms with Crippen LogP contribution in [0.3, 0.4) is 0 Å². The van der Waals surface area contributed by atoms with Crippen molar-refractivity contribution in [3.63, 3.8) is 0 Å². The Kier molecular flexibility index (Phi) is 3.93. The lowest BCUT2D eigenvalue weighted by Crippen LogP contribution is -2.23. The smallest absolute Gasteiger partial charge is 0.127 e. The summed E-state index contributed by atoms with van der Waals surface area (Å²) in [7, 11) is 0. The number of halogens is 1. The number of ether oxygens (including phenoxy) is 1. The van der Waals surface area contributed by atoms with E-state index in [1.807, 2.05) is 25.1 Å². The van der Waals surface area contributed by atoms with Gasteiger partial charge in [0.25, 0.3) is 0 Å². The van der Waals surface area contributed by atoms with Crippen LogP contribution in [0, 0.1) is 5.82 Å². The fourth-order valence-corrected chi connectivity index (χ4v) is 2.86. The van der Waals surface area contributed by atoms with Crippen LogP contribution in [0.5, 0.6) is 5.75 Å². The highest BCUT2D eigenvalue weighted by atomic mass is 19.1. The van der Waals surface area contributed by atoms with E-state index in [-0.39, 0.29) is 17.9 Å². The second kappa shape index (κ2) is 5.86. The molecule has 0 aliphatic carbocycles. The van der Waals surface area contributed by atoms with Crippen molar-refractivity contribution in [3.8, 4) is 5.75 Å². The lowest BCUT2D eigenvalue weighted by Gasteiger charge is -2.21. The third-order valence-electron chi connectivity index (χ3n) is 4.09. The van der Waals surface area contributed by atoms with E-state index in [2.05, 4.69) is 24.4 Å². The molecule has 2 aromatic rings. The number of nitrogens with one attached hydrogen (secondary N) is 1. The van der Waals surface area contributed by atoms with E-state index in [0.29, 0.717) is 5.56 Å². The first-order valence-electron chi connectivity index (χ1n) is 7.41. The molecule has 2 atom stereocenters. The van der Waals surface area contributed by atoms with E-state index in [0.717, 1.165) is 18.8 Å². The van der Waals surface area contributed by atoms with Crippen molar-refractivity contribution >= 4 is 0 Å². The Morgan fingerprint density at radius 2 is 1.90 bits per heavy atom. The lowest BCUT2D eigenvalue weighted by atomic mass is 10.0. The predicted octanol–water partition coefficient (Wildman–Crippen LogP) is 4.17. The largest absolute Gasteiger partial charge is 0.493 e. The number of benzene rings is 2. The second-order valence-electron chi connectivity index (χ2n) is 5.60. The third-order valence-corrected chi connectivity index (χ3v) is 4.09. The summed E-state index contributed by atoms with van der Waals surface area (Å²) in [6.45, 7) is 4.87. The molecule has 0 spiro atoms. The summed E-state index contributed by atoms with van der Waals surface area (Å²) in [6.07, 6.45) is 0.971. The summed E-state index contributed by atoms with van der Waals surface area (Å²) in [5.41, 5.74) is 3.18. The summed E-state index contributed by atoms with van der Waals surface area (Å²) < 4.78 is 19.3. The molecular weight excluding hydrogens is 265 g/mol. The van der Waals surface area contributed by atoms with Crippen molar-refractivity contribution in [3.05, 3.63) is 65.0 Å². The maximum absolute atomic E-state index is 13.8.